The number of guanidine groups is 1. The Balaban J connectivity index is 1.42. The highest BCUT2D eigenvalue weighted by molar-refractivity contribution is 7.89. The molecule has 1 aromatic rings. The van der Waals surface area contributed by atoms with Crippen LogP contribution < -0.4 is 5.32 Å². The predicted molar refractivity (Wildman–Crippen MR) is 106 cm³/mol. The van der Waals surface area contributed by atoms with Crippen LogP contribution in [0.3, 0.4) is 0 Å². The van der Waals surface area contributed by atoms with Crippen molar-refractivity contribution in [3.63, 3.8) is 0 Å². The molecule has 0 bridgehead atoms. The summed E-state index contributed by atoms with van der Waals surface area (Å²) in [6.45, 7) is 3.77. The number of piperidine rings is 1. The fraction of sp³-hybridized carbons (Fsp3) is 0.632. The predicted octanol–water partition coefficient (Wildman–Crippen LogP) is 1.55. The molecule has 7 heteroatoms. The Morgan fingerprint density at radius 1 is 1.19 bits per heavy atom. The summed E-state index contributed by atoms with van der Waals surface area (Å²) in [5, 5.41) is 3.34. The molecule has 0 amide bonds. The van der Waals surface area contributed by atoms with E-state index in [2.05, 4.69) is 45.5 Å². The van der Waals surface area contributed by atoms with Crippen molar-refractivity contribution < 1.29 is 8.42 Å². The Labute approximate surface area is 157 Å². The van der Waals surface area contributed by atoms with Crippen molar-refractivity contribution in [3.05, 3.63) is 35.9 Å². The van der Waals surface area contributed by atoms with Gasteiger partial charge in [0.1, 0.15) is 0 Å². The molecule has 1 N–H and O–H groups in total. The average Bonchev–Trinajstić information content (AvgIpc) is 2.99. The number of hydrogen-bond acceptors (Lipinski definition) is 3. The molecule has 2 fully saturated rings. The van der Waals surface area contributed by atoms with E-state index < -0.39 is 10.0 Å². The molecule has 1 aromatic carbocycles. The number of benzene rings is 1. The van der Waals surface area contributed by atoms with Gasteiger partial charge >= 0.3 is 0 Å². The maximum absolute atomic E-state index is 11.9. The van der Waals surface area contributed by atoms with Crippen molar-refractivity contribution in [3.8, 4) is 0 Å². The molecule has 0 spiro atoms. The fourth-order valence-electron chi connectivity index (χ4n) is 3.86. The summed E-state index contributed by atoms with van der Waals surface area (Å²) in [4.78, 5) is 6.68. The Morgan fingerprint density at radius 2 is 1.92 bits per heavy atom. The van der Waals surface area contributed by atoms with Crippen molar-refractivity contribution in [2.75, 3.05) is 45.5 Å². The molecule has 2 aliphatic rings. The van der Waals surface area contributed by atoms with Crippen LogP contribution in [0.5, 0.6) is 0 Å². The second-order valence-electron chi connectivity index (χ2n) is 7.16. The van der Waals surface area contributed by atoms with Gasteiger partial charge in [-0.25, -0.2) is 12.7 Å². The van der Waals surface area contributed by atoms with E-state index in [0.717, 1.165) is 50.7 Å². The molecule has 0 aliphatic carbocycles. The summed E-state index contributed by atoms with van der Waals surface area (Å²) in [7, 11) is -1.22. The van der Waals surface area contributed by atoms with Crippen LogP contribution in [0.4, 0.5) is 0 Å². The number of sulfonamides is 1. The molecule has 2 aliphatic heterocycles. The molecular weight excluding hydrogens is 348 g/mol. The van der Waals surface area contributed by atoms with Gasteiger partial charge in [-0.1, -0.05) is 30.3 Å². The molecule has 0 aromatic heterocycles. The van der Waals surface area contributed by atoms with E-state index in [9.17, 15) is 8.42 Å². The molecule has 3 rings (SSSR count). The first-order valence-electron chi connectivity index (χ1n) is 9.56. The summed E-state index contributed by atoms with van der Waals surface area (Å²) in [6, 6.07) is 10.7. The number of nitrogens with one attached hydrogen (secondary N) is 1. The average molecular weight is 379 g/mol. The highest BCUT2D eigenvalue weighted by Crippen LogP contribution is 2.21. The highest BCUT2D eigenvalue weighted by atomic mass is 32.2. The number of nitrogens with zero attached hydrogens (tertiary/aromatic N) is 3. The standard InChI is InChI=1S/C19H30N4O2S/c1-20-19(21-10-14-23-11-5-15-26(23,24)25)22-12-8-18(9-13-22)16-17-6-3-2-4-7-17/h2-4,6-7,18H,5,8-16H2,1H3,(H,20,21). The summed E-state index contributed by atoms with van der Waals surface area (Å²) in [5.74, 6) is 1.90. The van der Waals surface area contributed by atoms with E-state index in [1.807, 2.05) is 0 Å². The maximum atomic E-state index is 11.9. The molecular formula is C19H30N4O2S. The van der Waals surface area contributed by atoms with Gasteiger partial charge in [-0.05, 0) is 37.2 Å². The van der Waals surface area contributed by atoms with Crippen LogP contribution >= 0.6 is 0 Å². The SMILES string of the molecule is CN=C(NCCN1CCCS1(=O)=O)N1CCC(Cc2ccccc2)CC1. The Kier molecular flexibility index (Phi) is 6.53. The zero-order valence-electron chi connectivity index (χ0n) is 15.6. The van der Waals surface area contributed by atoms with Crippen molar-refractivity contribution in [1.29, 1.82) is 0 Å². The van der Waals surface area contributed by atoms with Gasteiger partial charge < -0.3 is 10.2 Å². The van der Waals surface area contributed by atoms with E-state index in [1.165, 1.54) is 5.56 Å². The molecule has 0 unspecified atom stereocenters. The van der Waals surface area contributed by atoms with E-state index >= 15 is 0 Å². The van der Waals surface area contributed by atoms with Crippen LogP contribution in [0, 0.1) is 5.92 Å². The van der Waals surface area contributed by atoms with Crippen molar-refractivity contribution in [2.24, 2.45) is 10.9 Å². The Morgan fingerprint density at radius 3 is 2.54 bits per heavy atom. The van der Waals surface area contributed by atoms with Gasteiger partial charge in [0.15, 0.2) is 5.96 Å². The quantitative estimate of drug-likeness (QED) is 0.624. The second-order valence-corrected chi connectivity index (χ2v) is 9.25. The minimum atomic E-state index is -3.01. The summed E-state index contributed by atoms with van der Waals surface area (Å²) >= 11 is 0. The molecule has 6 nitrogen and oxygen atoms in total. The number of aliphatic imine (C=N–C) groups is 1. The molecule has 2 saturated heterocycles. The van der Waals surface area contributed by atoms with Gasteiger partial charge in [0.25, 0.3) is 0 Å². The lowest BCUT2D eigenvalue weighted by molar-refractivity contribution is 0.258. The van der Waals surface area contributed by atoms with Crippen LogP contribution in [0.2, 0.25) is 0 Å². The lowest BCUT2D eigenvalue weighted by Gasteiger charge is -2.34. The summed E-state index contributed by atoms with van der Waals surface area (Å²) < 4.78 is 25.3. The Hall–Kier alpha value is -1.60. The van der Waals surface area contributed by atoms with Crippen LogP contribution in [0.25, 0.3) is 0 Å². The highest BCUT2D eigenvalue weighted by Gasteiger charge is 2.28. The zero-order valence-corrected chi connectivity index (χ0v) is 16.4. The monoisotopic (exact) mass is 378 g/mol. The maximum Gasteiger partial charge on any atom is 0.214 e. The van der Waals surface area contributed by atoms with Crippen LogP contribution in [-0.4, -0.2) is 69.1 Å². The van der Waals surface area contributed by atoms with Crippen molar-refractivity contribution in [1.82, 2.24) is 14.5 Å². The van der Waals surface area contributed by atoms with Crippen molar-refractivity contribution >= 4 is 16.0 Å². The van der Waals surface area contributed by atoms with Crippen molar-refractivity contribution in [2.45, 2.75) is 25.7 Å². The lowest BCUT2D eigenvalue weighted by atomic mass is 9.90. The molecule has 144 valence electrons. The summed E-state index contributed by atoms with van der Waals surface area (Å²) in [6.07, 6.45) is 4.21. The van der Waals surface area contributed by atoms with Crippen LogP contribution in [-0.2, 0) is 16.4 Å². The minimum Gasteiger partial charge on any atom is -0.355 e. The lowest BCUT2D eigenvalue weighted by Crippen LogP contribution is -2.47. The number of likely N-dealkylation sites (tertiary alicyclic amines) is 1. The first-order chi connectivity index (χ1) is 12.6. The van der Waals surface area contributed by atoms with Crippen LogP contribution in [0.1, 0.15) is 24.8 Å². The second kappa shape index (κ2) is 8.86. The van der Waals surface area contributed by atoms with E-state index in [0.29, 0.717) is 19.6 Å². The fourth-order valence-corrected chi connectivity index (χ4v) is 5.39. The topological polar surface area (TPSA) is 65.0 Å². The van der Waals surface area contributed by atoms with Gasteiger partial charge in [-0.15, -0.1) is 0 Å². The smallest absolute Gasteiger partial charge is 0.214 e. The first-order valence-corrected chi connectivity index (χ1v) is 11.2. The van der Waals surface area contributed by atoms with E-state index in [4.69, 9.17) is 0 Å². The third-order valence-electron chi connectivity index (χ3n) is 5.34. The molecule has 0 atom stereocenters. The van der Waals surface area contributed by atoms with Gasteiger partial charge in [-0.3, -0.25) is 4.99 Å². The first kappa shape index (κ1) is 19.2. The van der Waals surface area contributed by atoms with Crippen LogP contribution in [0.15, 0.2) is 35.3 Å². The normalized spacial score (nSPS) is 21.9. The summed E-state index contributed by atoms with van der Waals surface area (Å²) in [5.41, 5.74) is 1.42. The van der Waals surface area contributed by atoms with Gasteiger partial charge in [0, 0.05) is 39.8 Å². The third kappa shape index (κ3) is 4.98. The third-order valence-corrected chi connectivity index (χ3v) is 7.30. The van der Waals surface area contributed by atoms with Gasteiger partial charge in [0.2, 0.25) is 10.0 Å². The van der Waals surface area contributed by atoms with E-state index in [1.54, 1.807) is 11.4 Å². The molecule has 0 radical (unpaired) electrons. The minimum absolute atomic E-state index is 0.288. The van der Waals surface area contributed by atoms with Gasteiger partial charge in [-0.2, -0.15) is 0 Å². The largest absolute Gasteiger partial charge is 0.355 e. The molecule has 26 heavy (non-hydrogen) atoms. The zero-order chi connectivity index (χ0) is 18.4. The Bertz CT molecular complexity index is 698. The van der Waals surface area contributed by atoms with Gasteiger partial charge in [0.05, 0.1) is 5.75 Å². The van der Waals surface area contributed by atoms with E-state index in [-0.39, 0.29) is 5.75 Å². The molecule has 2 heterocycles. The number of hydrogen-bond donors (Lipinski definition) is 1. The number of rotatable bonds is 5. The molecule has 0 saturated carbocycles.